The summed E-state index contributed by atoms with van der Waals surface area (Å²) in [5.74, 6) is 1.75. The van der Waals surface area contributed by atoms with E-state index in [2.05, 4.69) is 26.1 Å². The van der Waals surface area contributed by atoms with Crippen molar-refractivity contribution in [2.24, 2.45) is 5.41 Å². The lowest BCUT2D eigenvalue weighted by Crippen LogP contribution is -2.57. The molecule has 2 saturated heterocycles. The van der Waals surface area contributed by atoms with Gasteiger partial charge in [0.1, 0.15) is 5.75 Å². The van der Waals surface area contributed by atoms with Crippen molar-refractivity contribution in [2.45, 2.75) is 32.3 Å². The summed E-state index contributed by atoms with van der Waals surface area (Å²) in [4.78, 5) is 6.46. The zero-order chi connectivity index (χ0) is 17.1. The highest BCUT2D eigenvalue weighted by Crippen LogP contribution is 2.41. The number of nitrogens with zero attached hydrogens (tertiary/aromatic N) is 4. The summed E-state index contributed by atoms with van der Waals surface area (Å²) >= 11 is 0. The molecule has 0 aromatic carbocycles. The van der Waals surface area contributed by atoms with Crippen LogP contribution in [0.15, 0.2) is 36.7 Å². The summed E-state index contributed by atoms with van der Waals surface area (Å²) in [5, 5.41) is 8.59. The zero-order valence-corrected chi connectivity index (χ0v) is 14.6. The third-order valence-corrected chi connectivity index (χ3v) is 5.26. The van der Waals surface area contributed by atoms with Gasteiger partial charge in [-0.1, -0.05) is 0 Å². The van der Waals surface area contributed by atoms with E-state index in [1.54, 1.807) is 12.4 Å². The molecule has 4 rings (SSSR count). The van der Waals surface area contributed by atoms with Crippen LogP contribution < -0.4 is 9.64 Å². The summed E-state index contributed by atoms with van der Waals surface area (Å²) in [7, 11) is 0. The van der Waals surface area contributed by atoms with Gasteiger partial charge in [-0.2, -0.15) is 5.10 Å². The van der Waals surface area contributed by atoms with Gasteiger partial charge in [-0.25, -0.2) is 0 Å². The summed E-state index contributed by atoms with van der Waals surface area (Å²) in [5.41, 5.74) is 0.924. The van der Waals surface area contributed by atoms with Gasteiger partial charge in [-0.05, 0) is 50.5 Å². The molecule has 2 aliphatic rings. The molecule has 2 aromatic heterocycles. The number of aryl methyl sites for hydroxylation is 1. The Kier molecular flexibility index (Phi) is 4.53. The van der Waals surface area contributed by atoms with Crippen molar-refractivity contribution in [3.05, 3.63) is 42.4 Å². The van der Waals surface area contributed by atoms with Gasteiger partial charge in [0.2, 0.25) is 0 Å². The van der Waals surface area contributed by atoms with Gasteiger partial charge in [0.15, 0.2) is 5.82 Å². The Morgan fingerprint density at radius 3 is 3.08 bits per heavy atom. The average Bonchev–Trinajstić information content (AvgIpc) is 2.67. The predicted molar refractivity (Wildman–Crippen MR) is 94.7 cm³/mol. The van der Waals surface area contributed by atoms with Gasteiger partial charge < -0.3 is 14.4 Å². The number of anilines is 1. The normalized spacial score (nSPS) is 26.1. The first kappa shape index (κ1) is 16.3. The van der Waals surface area contributed by atoms with Crippen molar-refractivity contribution in [1.82, 2.24) is 15.2 Å². The topological polar surface area (TPSA) is 60.4 Å². The van der Waals surface area contributed by atoms with Crippen LogP contribution in [0, 0.1) is 12.3 Å². The first-order chi connectivity index (χ1) is 12.3. The molecule has 0 unspecified atom stereocenters. The minimum Gasteiger partial charge on any atom is -0.491 e. The Hall–Kier alpha value is -2.21. The molecule has 25 heavy (non-hydrogen) atoms. The molecule has 0 aliphatic carbocycles. The van der Waals surface area contributed by atoms with Crippen LogP contribution >= 0.6 is 0 Å². The molecule has 2 fully saturated rings. The summed E-state index contributed by atoms with van der Waals surface area (Å²) in [6.45, 7) is 5.27. The SMILES string of the molecule is Cc1ccc(N2CC[C@H]3OCCC[C@]3(COc3cccnc3)C2)nn1. The van der Waals surface area contributed by atoms with Crippen LogP contribution in [0.4, 0.5) is 5.82 Å². The van der Waals surface area contributed by atoms with E-state index in [4.69, 9.17) is 9.47 Å². The monoisotopic (exact) mass is 340 g/mol. The molecule has 0 radical (unpaired) electrons. The molecule has 0 N–H and O–H groups in total. The number of pyridine rings is 1. The van der Waals surface area contributed by atoms with Gasteiger partial charge in [-0.3, -0.25) is 4.98 Å². The Balaban J connectivity index is 1.53. The largest absolute Gasteiger partial charge is 0.491 e. The molecule has 132 valence electrons. The van der Waals surface area contributed by atoms with Gasteiger partial charge >= 0.3 is 0 Å². The van der Waals surface area contributed by atoms with E-state index in [9.17, 15) is 0 Å². The number of piperidine rings is 1. The minimum atomic E-state index is -0.0150. The van der Waals surface area contributed by atoms with E-state index in [1.165, 1.54) is 0 Å². The fraction of sp³-hybridized carbons (Fsp3) is 0.526. The molecule has 6 nitrogen and oxygen atoms in total. The Bertz CT molecular complexity index is 694. The van der Waals surface area contributed by atoms with E-state index in [0.29, 0.717) is 6.61 Å². The smallest absolute Gasteiger partial charge is 0.151 e. The molecule has 0 amide bonds. The van der Waals surface area contributed by atoms with Crippen molar-refractivity contribution >= 4 is 5.82 Å². The second-order valence-electron chi connectivity index (χ2n) is 7.05. The Morgan fingerprint density at radius 2 is 2.28 bits per heavy atom. The van der Waals surface area contributed by atoms with Crippen LogP contribution in [-0.4, -0.2) is 47.6 Å². The van der Waals surface area contributed by atoms with Gasteiger partial charge in [0.25, 0.3) is 0 Å². The first-order valence-electron chi connectivity index (χ1n) is 8.95. The van der Waals surface area contributed by atoms with Crippen molar-refractivity contribution < 1.29 is 9.47 Å². The standard InChI is InChI=1S/C19H24N4O2/c1-15-5-6-18(22-21-15)23-10-7-17-19(13-23,8-3-11-24-17)14-25-16-4-2-9-20-12-16/h2,4-6,9,12,17H,3,7-8,10-11,13-14H2,1H3/t17-,19-/m1/s1. The highest BCUT2D eigenvalue weighted by atomic mass is 16.5. The number of hydrogen-bond acceptors (Lipinski definition) is 6. The third kappa shape index (κ3) is 3.44. The second kappa shape index (κ2) is 6.96. The number of rotatable bonds is 4. The maximum Gasteiger partial charge on any atom is 0.151 e. The van der Waals surface area contributed by atoms with Crippen LogP contribution in [-0.2, 0) is 4.74 Å². The predicted octanol–water partition coefficient (Wildman–Crippen LogP) is 2.63. The van der Waals surface area contributed by atoms with Crippen LogP contribution in [0.5, 0.6) is 5.75 Å². The van der Waals surface area contributed by atoms with Crippen molar-refractivity contribution in [3.63, 3.8) is 0 Å². The van der Waals surface area contributed by atoms with E-state index < -0.39 is 0 Å². The molecule has 6 heteroatoms. The minimum absolute atomic E-state index is 0.0150. The van der Waals surface area contributed by atoms with E-state index in [-0.39, 0.29) is 11.5 Å². The van der Waals surface area contributed by atoms with Crippen LogP contribution in [0.1, 0.15) is 25.0 Å². The highest BCUT2D eigenvalue weighted by Gasteiger charge is 2.47. The molecular weight excluding hydrogens is 316 g/mol. The lowest BCUT2D eigenvalue weighted by molar-refractivity contribution is -0.109. The van der Waals surface area contributed by atoms with Gasteiger partial charge in [0, 0.05) is 31.3 Å². The van der Waals surface area contributed by atoms with E-state index in [1.807, 2.05) is 25.1 Å². The zero-order valence-electron chi connectivity index (χ0n) is 14.6. The molecule has 0 saturated carbocycles. The summed E-state index contributed by atoms with van der Waals surface area (Å²) < 4.78 is 12.2. The molecule has 2 aliphatic heterocycles. The molecular formula is C19H24N4O2. The van der Waals surface area contributed by atoms with E-state index >= 15 is 0 Å². The average molecular weight is 340 g/mol. The van der Waals surface area contributed by atoms with Crippen molar-refractivity contribution in [3.8, 4) is 5.75 Å². The summed E-state index contributed by atoms with van der Waals surface area (Å²) in [6, 6.07) is 7.93. The highest BCUT2D eigenvalue weighted by molar-refractivity contribution is 5.39. The Morgan fingerprint density at radius 1 is 1.32 bits per heavy atom. The lowest BCUT2D eigenvalue weighted by atomic mass is 9.73. The molecule has 4 heterocycles. The molecule has 0 bridgehead atoms. The molecule has 2 aromatic rings. The Labute approximate surface area is 148 Å². The van der Waals surface area contributed by atoms with Gasteiger partial charge in [-0.15, -0.1) is 5.10 Å². The second-order valence-corrected chi connectivity index (χ2v) is 7.05. The summed E-state index contributed by atoms with van der Waals surface area (Å²) in [6.07, 6.45) is 6.94. The molecule has 2 atom stereocenters. The molecule has 0 spiro atoms. The van der Waals surface area contributed by atoms with Crippen LogP contribution in [0.3, 0.4) is 0 Å². The fourth-order valence-corrected chi connectivity index (χ4v) is 3.92. The number of hydrogen-bond donors (Lipinski definition) is 0. The van der Waals surface area contributed by atoms with Crippen LogP contribution in [0.25, 0.3) is 0 Å². The van der Waals surface area contributed by atoms with Gasteiger partial charge in [0.05, 0.1) is 24.6 Å². The number of ether oxygens (including phenoxy) is 2. The fourth-order valence-electron chi connectivity index (χ4n) is 3.92. The number of fused-ring (bicyclic) bond motifs is 1. The van der Waals surface area contributed by atoms with Crippen LogP contribution in [0.2, 0.25) is 0 Å². The maximum atomic E-state index is 6.12. The number of aromatic nitrogens is 3. The van der Waals surface area contributed by atoms with Crippen molar-refractivity contribution in [2.75, 3.05) is 31.2 Å². The first-order valence-corrected chi connectivity index (χ1v) is 8.95. The maximum absolute atomic E-state index is 6.12. The quantitative estimate of drug-likeness (QED) is 0.853. The van der Waals surface area contributed by atoms with Crippen molar-refractivity contribution in [1.29, 1.82) is 0 Å². The van der Waals surface area contributed by atoms with E-state index in [0.717, 1.165) is 56.2 Å². The third-order valence-electron chi connectivity index (χ3n) is 5.26. The lowest BCUT2D eigenvalue weighted by Gasteiger charge is -2.50.